The predicted molar refractivity (Wildman–Crippen MR) is 91.3 cm³/mol. The van der Waals surface area contributed by atoms with E-state index in [4.69, 9.17) is 4.74 Å². The molecule has 1 aromatic rings. The number of hydrogen-bond acceptors (Lipinski definition) is 3. The van der Waals surface area contributed by atoms with E-state index < -0.39 is 11.8 Å². The predicted octanol–water partition coefficient (Wildman–Crippen LogP) is 2.28. The van der Waals surface area contributed by atoms with Crippen LogP contribution < -0.4 is 5.32 Å². The fourth-order valence-electron chi connectivity index (χ4n) is 3.38. The molecule has 0 bridgehead atoms. The van der Waals surface area contributed by atoms with E-state index in [1.54, 1.807) is 4.90 Å². The number of hydrogen-bond donors (Lipinski definition) is 1. The van der Waals surface area contributed by atoms with Gasteiger partial charge in [-0.15, -0.1) is 0 Å². The molecule has 1 aliphatic heterocycles. The maximum Gasteiger partial charge on any atom is 0.311 e. The zero-order valence-corrected chi connectivity index (χ0v) is 14.2. The second-order valence-corrected chi connectivity index (χ2v) is 6.80. The first-order valence-electron chi connectivity index (χ1n) is 8.91. The van der Waals surface area contributed by atoms with E-state index in [0.29, 0.717) is 32.0 Å². The molecule has 2 amide bonds. The number of amides is 2. The third-order valence-electron chi connectivity index (χ3n) is 5.21. The molecule has 0 spiro atoms. The number of rotatable bonds is 3. The summed E-state index contributed by atoms with van der Waals surface area (Å²) in [7, 11) is 0. The number of nitrogens with zero attached hydrogens (tertiary/aromatic N) is 1. The molecule has 3 rings (SSSR count). The summed E-state index contributed by atoms with van der Waals surface area (Å²) < 4.78 is 5.87. The van der Waals surface area contributed by atoms with Crippen LogP contribution in [-0.2, 0) is 14.3 Å². The molecule has 1 saturated carbocycles. The Morgan fingerprint density at radius 3 is 2.58 bits per heavy atom. The van der Waals surface area contributed by atoms with Gasteiger partial charge in [0.1, 0.15) is 0 Å². The minimum atomic E-state index is -0.479. The van der Waals surface area contributed by atoms with E-state index in [1.165, 1.54) is 6.42 Å². The fraction of sp³-hybridized carbons (Fsp3) is 0.579. The van der Waals surface area contributed by atoms with Crippen LogP contribution >= 0.6 is 0 Å². The van der Waals surface area contributed by atoms with E-state index >= 15 is 0 Å². The lowest BCUT2D eigenvalue weighted by Gasteiger charge is -2.32. The van der Waals surface area contributed by atoms with Crippen molar-refractivity contribution in [3.8, 4) is 0 Å². The van der Waals surface area contributed by atoms with Crippen LogP contribution in [-0.4, -0.2) is 42.5 Å². The molecule has 2 unspecified atom stereocenters. The van der Waals surface area contributed by atoms with Crippen molar-refractivity contribution in [2.75, 3.05) is 19.7 Å². The van der Waals surface area contributed by atoms with Gasteiger partial charge >= 0.3 is 11.8 Å². The number of ether oxygens (including phenoxy) is 1. The van der Waals surface area contributed by atoms with Crippen LogP contribution in [0.25, 0.3) is 0 Å². The molecule has 2 aliphatic rings. The Morgan fingerprint density at radius 1 is 1.17 bits per heavy atom. The van der Waals surface area contributed by atoms with Crippen LogP contribution in [0.5, 0.6) is 0 Å². The summed E-state index contributed by atoms with van der Waals surface area (Å²) in [5.74, 6) is -0.386. The standard InChI is InChI=1S/C19H26N2O3/c1-14(15-8-5-9-15)20-18(22)19(23)21-11-10-17(24-13-12-21)16-6-3-2-4-7-16/h2-4,6-7,14-15,17H,5,8-13H2,1H3,(H,20,22). The van der Waals surface area contributed by atoms with Gasteiger partial charge in [-0.2, -0.15) is 0 Å². The normalized spacial score (nSPS) is 23.0. The van der Waals surface area contributed by atoms with Crippen LogP contribution in [0.2, 0.25) is 0 Å². The van der Waals surface area contributed by atoms with Gasteiger partial charge in [0.15, 0.2) is 0 Å². The van der Waals surface area contributed by atoms with E-state index in [-0.39, 0.29) is 12.1 Å². The van der Waals surface area contributed by atoms with Crippen LogP contribution in [0, 0.1) is 5.92 Å². The molecular formula is C19H26N2O3. The van der Waals surface area contributed by atoms with E-state index in [1.807, 2.05) is 37.3 Å². The van der Waals surface area contributed by atoms with E-state index in [9.17, 15) is 9.59 Å². The lowest BCUT2D eigenvalue weighted by atomic mass is 9.80. The first kappa shape index (κ1) is 17.0. The molecule has 1 aliphatic carbocycles. The quantitative estimate of drug-likeness (QED) is 0.865. The van der Waals surface area contributed by atoms with Gasteiger partial charge in [0.2, 0.25) is 0 Å². The van der Waals surface area contributed by atoms with Crippen LogP contribution in [0.1, 0.15) is 44.3 Å². The highest BCUT2D eigenvalue weighted by Gasteiger charge is 2.30. The number of nitrogens with one attached hydrogen (secondary N) is 1. The minimum Gasteiger partial charge on any atom is -0.372 e. The number of carbonyl (C=O) groups excluding carboxylic acids is 2. The number of benzene rings is 1. The van der Waals surface area contributed by atoms with Crippen molar-refractivity contribution < 1.29 is 14.3 Å². The van der Waals surface area contributed by atoms with Crippen LogP contribution in [0.3, 0.4) is 0 Å². The van der Waals surface area contributed by atoms with E-state index in [2.05, 4.69) is 5.32 Å². The summed E-state index contributed by atoms with van der Waals surface area (Å²) in [4.78, 5) is 26.3. The minimum absolute atomic E-state index is 0.0130. The molecule has 24 heavy (non-hydrogen) atoms. The third-order valence-corrected chi connectivity index (χ3v) is 5.21. The Kier molecular flexibility index (Phi) is 5.51. The van der Waals surface area contributed by atoms with Gasteiger partial charge in [0, 0.05) is 19.1 Å². The molecule has 1 heterocycles. The lowest BCUT2D eigenvalue weighted by Crippen LogP contribution is -2.49. The Bertz CT molecular complexity index is 571. The van der Waals surface area contributed by atoms with Gasteiger partial charge < -0.3 is 15.0 Å². The SMILES string of the molecule is CC(NC(=O)C(=O)N1CCOC(c2ccccc2)CC1)C1CCC1. The summed E-state index contributed by atoms with van der Waals surface area (Å²) in [5.41, 5.74) is 1.12. The molecule has 0 aromatic heterocycles. The Hall–Kier alpha value is -1.88. The van der Waals surface area contributed by atoms with Gasteiger partial charge in [0.05, 0.1) is 12.7 Å². The topological polar surface area (TPSA) is 58.6 Å². The second-order valence-electron chi connectivity index (χ2n) is 6.80. The van der Waals surface area contributed by atoms with Crippen molar-refractivity contribution in [2.24, 2.45) is 5.92 Å². The van der Waals surface area contributed by atoms with Crippen molar-refractivity contribution in [1.29, 1.82) is 0 Å². The molecule has 5 nitrogen and oxygen atoms in total. The van der Waals surface area contributed by atoms with Gasteiger partial charge in [-0.3, -0.25) is 9.59 Å². The van der Waals surface area contributed by atoms with Crippen molar-refractivity contribution in [1.82, 2.24) is 10.2 Å². The summed E-state index contributed by atoms with van der Waals surface area (Å²) in [6, 6.07) is 10.1. The lowest BCUT2D eigenvalue weighted by molar-refractivity contribution is -0.146. The first-order chi connectivity index (χ1) is 11.6. The van der Waals surface area contributed by atoms with E-state index in [0.717, 1.165) is 18.4 Å². The van der Waals surface area contributed by atoms with Gasteiger partial charge in [0.25, 0.3) is 0 Å². The van der Waals surface area contributed by atoms with Gasteiger partial charge in [-0.25, -0.2) is 0 Å². The maximum absolute atomic E-state index is 12.4. The summed E-state index contributed by atoms with van der Waals surface area (Å²) in [6.45, 7) is 3.46. The largest absolute Gasteiger partial charge is 0.372 e. The van der Waals surface area contributed by atoms with Crippen molar-refractivity contribution in [2.45, 2.75) is 44.8 Å². The third kappa shape index (κ3) is 3.96. The Morgan fingerprint density at radius 2 is 1.92 bits per heavy atom. The first-order valence-corrected chi connectivity index (χ1v) is 8.91. The molecule has 1 saturated heterocycles. The molecule has 0 radical (unpaired) electrons. The van der Waals surface area contributed by atoms with Crippen molar-refractivity contribution in [3.05, 3.63) is 35.9 Å². The summed E-state index contributed by atoms with van der Waals surface area (Å²) in [6.07, 6.45) is 4.21. The second kappa shape index (κ2) is 7.79. The monoisotopic (exact) mass is 330 g/mol. The Labute approximate surface area is 143 Å². The van der Waals surface area contributed by atoms with Crippen LogP contribution in [0.15, 0.2) is 30.3 Å². The highest BCUT2D eigenvalue weighted by Crippen LogP contribution is 2.29. The van der Waals surface area contributed by atoms with Crippen LogP contribution in [0.4, 0.5) is 0 Å². The molecule has 1 N–H and O–H groups in total. The molecule has 130 valence electrons. The fourth-order valence-corrected chi connectivity index (χ4v) is 3.38. The number of carbonyl (C=O) groups is 2. The van der Waals surface area contributed by atoms with Crippen molar-refractivity contribution in [3.63, 3.8) is 0 Å². The smallest absolute Gasteiger partial charge is 0.311 e. The molecule has 5 heteroatoms. The maximum atomic E-state index is 12.4. The summed E-state index contributed by atoms with van der Waals surface area (Å²) >= 11 is 0. The average molecular weight is 330 g/mol. The highest BCUT2D eigenvalue weighted by molar-refractivity contribution is 6.35. The summed E-state index contributed by atoms with van der Waals surface area (Å²) in [5, 5.41) is 2.87. The molecule has 2 fully saturated rings. The zero-order chi connectivity index (χ0) is 16.9. The van der Waals surface area contributed by atoms with Gasteiger partial charge in [-0.05, 0) is 37.7 Å². The van der Waals surface area contributed by atoms with Crippen molar-refractivity contribution >= 4 is 11.8 Å². The average Bonchev–Trinajstić information content (AvgIpc) is 2.79. The molecule has 1 aromatic carbocycles. The Balaban J connectivity index is 1.53. The molecular weight excluding hydrogens is 304 g/mol. The van der Waals surface area contributed by atoms with Gasteiger partial charge in [-0.1, -0.05) is 36.8 Å². The highest BCUT2D eigenvalue weighted by atomic mass is 16.5. The molecule has 2 atom stereocenters. The zero-order valence-electron chi connectivity index (χ0n) is 14.2.